The van der Waals surface area contributed by atoms with Gasteiger partial charge in [0.15, 0.2) is 0 Å². The van der Waals surface area contributed by atoms with Crippen LogP contribution in [0.2, 0.25) is 0 Å². The van der Waals surface area contributed by atoms with Crippen molar-refractivity contribution in [3.63, 3.8) is 0 Å². The van der Waals surface area contributed by atoms with Crippen molar-refractivity contribution >= 4 is 6.03 Å². The highest BCUT2D eigenvalue weighted by atomic mass is 16.3. The Kier molecular flexibility index (Phi) is 6.22. The van der Waals surface area contributed by atoms with Crippen molar-refractivity contribution in [3.05, 3.63) is 47.0 Å². The number of piperidine rings is 1. The van der Waals surface area contributed by atoms with Crippen molar-refractivity contribution in [2.45, 2.75) is 51.2 Å². The molecule has 1 aromatic carbocycles. The van der Waals surface area contributed by atoms with Crippen LogP contribution in [-0.2, 0) is 6.42 Å². The summed E-state index contributed by atoms with van der Waals surface area (Å²) in [4.78, 5) is 16.7. The van der Waals surface area contributed by atoms with E-state index in [0.717, 1.165) is 19.5 Å². The van der Waals surface area contributed by atoms with Gasteiger partial charge in [-0.1, -0.05) is 35.9 Å². The lowest BCUT2D eigenvalue weighted by Gasteiger charge is -2.39. The first-order valence-corrected chi connectivity index (χ1v) is 10.1. The third-order valence-electron chi connectivity index (χ3n) is 5.94. The van der Waals surface area contributed by atoms with Crippen LogP contribution in [0.25, 0.3) is 0 Å². The number of aryl methyl sites for hydroxylation is 1. The SMILES string of the molecule is Cc1cccc(CC2(O)CCN(C(=O)NC(C)C3=CCN(C)CC3)CC2)c1. The van der Waals surface area contributed by atoms with Gasteiger partial charge in [0.2, 0.25) is 0 Å². The number of aliphatic hydroxyl groups is 1. The topological polar surface area (TPSA) is 55.8 Å². The Morgan fingerprint density at radius 2 is 2.04 bits per heavy atom. The number of rotatable bonds is 4. The molecule has 27 heavy (non-hydrogen) atoms. The molecule has 1 atom stereocenters. The summed E-state index contributed by atoms with van der Waals surface area (Å²) in [6.45, 7) is 7.33. The van der Waals surface area contributed by atoms with Gasteiger partial charge >= 0.3 is 6.03 Å². The van der Waals surface area contributed by atoms with Gasteiger partial charge in [0, 0.05) is 38.6 Å². The third-order valence-corrected chi connectivity index (χ3v) is 5.94. The van der Waals surface area contributed by atoms with E-state index in [1.165, 1.54) is 16.7 Å². The van der Waals surface area contributed by atoms with Crippen LogP contribution in [0, 0.1) is 6.92 Å². The lowest BCUT2D eigenvalue weighted by atomic mass is 9.85. The molecule has 1 unspecified atom stereocenters. The Hall–Kier alpha value is -1.85. The van der Waals surface area contributed by atoms with E-state index in [0.29, 0.717) is 32.4 Å². The maximum absolute atomic E-state index is 12.6. The zero-order chi connectivity index (χ0) is 19.4. The van der Waals surface area contributed by atoms with Crippen LogP contribution >= 0.6 is 0 Å². The van der Waals surface area contributed by atoms with Crippen molar-refractivity contribution in [1.29, 1.82) is 0 Å². The standard InChI is InChI=1S/C22H33N3O2/c1-17-5-4-6-19(15-17)16-22(27)9-13-25(14-10-22)21(26)23-18(2)20-7-11-24(3)12-8-20/h4-7,15,18,27H,8-14,16H2,1-3H3,(H,23,26). The van der Waals surface area contributed by atoms with Crippen LogP contribution in [0.5, 0.6) is 0 Å². The normalized spacial score (nSPS) is 21.5. The molecule has 1 fully saturated rings. The molecule has 2 amide bonds. The summed E-state index contributed by atoms with van der Waals surface area (Å²) in [6, 6.07) is 8.37. The summed E-state index contributed by atoms with van der Waals surface area (Å²) in [5.41, 5.74) is 2.98. The number of urea groups is 1. The number of benzene rings is 1. The molecular weight excluding hydrogens is 338 g/mol. The second-order valence-electron chi connectivity index (χ2n) is 8.34. The Bertz CT molecular complexity index is 693. The Balaban J connectivity index is 1.50. The Morgan fingerprint density at radius 1 is 1.30 bits per heavy atom. The van der Waals surface area contributed by atoms with Gasteiger partial charge in [0.05, 0.1) is 5.60 Å². The van der Waals surface area contributed by atoms with E-state index >= 15 is 0 Å². The Labute approximate surface area is 163 Å². The van der Waals surface area contributed by atoms with E-state index in [-0.39, 0.29) is 12.1 Å². The molecule has 0 aromatic heterocycles. The number of nitrogens with one attached hydrogen (secondary N) is 1. The molecule has 2 aliphatic heterocycles. The molecule has 2 N–H and O–H groups in total. The monoisotopic (exact) mass is 371 g/mol. The number of carbonyl (C=O) groups is 1. The maximum atomic E-state index is 12.6. The highest BCUT2D eigenvalue weighted by Gasteiger charge is 2.34. The van der Waals surface area contributed by atoms with Crippen LogP contribution in [0.4, 0.5) is 4.79 Å². The fourth-order valence-corrected chi connectivity index (χ4v) is 4.05. The summed E-state index contributed by atoms with van der Waals surface area (Å²) in [5, 5.41) is 14.1. The highest BCUT2D eigenvalue weighted by molar-refractivity contribution is 5.75. The number of hydrogen-bond donors (Lipinski definition) is 2. The summed E-state index contributed by atoms with van der Waals surface area (Å²) in [6.07, 6.45) is 5.13. The lowest BCUT2D eigenvalue weighted by molar-refractivity contribution is -0.0117. The summed E-state index contributed by atoms with van der Waals surface area (Å²) >= 11 is 0. The molecule has 3 rings (SSSR count). The van der Waals surface area contributed by atoms with Gasteiger partial charge in [0.1, 0.15) is 0 Å². The van der Waals surface area contributed by atoms with Crippen LogP contribution in [0.1, 0.15) is 37.3 Å². The second kappa shape index (κ2) is 8.44. The van der Waals surface area contributed by atoms with Crippen molar-refractivity contribution in [2.24, 2.45) is 0 Å². The molecule has 148 valence electrons. The van der Waals surface area contributed by atoms with E-state index in [4.69, 9.17) is 0 Å². The fourth-order valence-electron chi connectivity index (χ4n) is 4.05. The van der Waals surface area contributed by atoms with E-state index < -0.39 is 5.60 Å². The number of likely N-dealkylation sites (tertiary alicyclic amines) is 1. The summed E-state index contributed by atoms with van der Waals surface area (Å²) in [7, 11) is 2.11. The number of hydrogen-bond acceptors (Lipinski definition) is 3. The average Bonchev–Trinajstić information content (AvgIpc) is 2.62. The Morgan fingerprint density at radius 3 is 2.67 bits per heavy atom. The molecule has 0 bridgehead atoms. The number of nitrogens with zero attached hydrogens (tertiary/aromatic N) is 2. The quantitative estimate of drug-likeness (QED) is 0.800. The minimum atomic E-state index is -0.716. The number of amides is 2. The van der Waals surface area contributed by atoms with E-state index in [1.54, 1.807) is 0 Å². The van der Waals surface area contributed by atoms with Crippen molar-refractivity contribution in [3.8, 4) is 0 Å². The van der Waals surface area contributed by atoms with Gasteiger partial charge in [0.25, 0.3) is 0 Å². The predicted molar refractivity (Wildman–Crippen MR) is 109 cm³/mol. The minimum absolute atomic E-state index is 0.0140. The highest BCUT2D eigenvalue weighted by Crippen LogP contribution is 2.27. The second-order valence-corrected chi connectivity index (χ2v) is 8.34. The average molecular weight is 372 g/mol. The smallest absolute Gasteiger partial charge is 0.317 e. The van der Waals surface area contributed by atoms with Gasteiger partial charge < -0.3 is 20.2 Å². The van der Waals surface area contributed by atoms with Crippen LogP contribution < -0.4 is 5.32 Å². The third kappa shape index (κ3) is 5.33. The van der Waals surface area contributed by atoms with Crippen molar-refractivity contribution < 1.29 is 9.90 Å². The van der Waals surface area contributed by atoms with Crippen molar-refractivity contribution in [1.82, 2.24) is 15.1 Å². The molecule has 0 aliphatic carbocycles. The molecular formula is C22H33N3O2. The first-order chi connectivity index (χ1) is 12.8. The molecule has 2 heterocycles. The summed E-state index contributed by atoms with van der Waals surface area (Å²) < 4.78 is 0. The zero-order valence-corrected chi connectivity index (χ0v) is 16.9. The molecule has 0 spiro atoms. The van der Waals surface area contributed by atoms with Gasteiger partial charge in [-0.25, -0.2) is 4.79 Å². The summed E-state index contributed by atoms with van der Waals surface area (Å²) in [5.74, 6) is 0. The van der Waals surface area contributed by atoms with E-state index in [9.17, 15) is 9.90 Å². The van der Waals surface area contributed by atoms with E-state index in [1.807, 2.05) is 11.0 Å². The molecule has 1 saturated heterocycles. The van der Waals surface area contributed by atoms with Gasteiger partial charge in [-0.2, -0.15) is 0 Å². The fraction of sp³-hybridized carbons (Fsp3) is 0.591. The predicted octanol–water partition coefficient (Wildman–Crippen LogP) is 2.72. The van der Waals surface area contributed by atoms with Crippen LogP contribution in [0.15, 0.2) is 35.9 Å². The molecule has 0 radical (unpaired) electrons. The lowest BCUT2D eigenvalue weighted by Crippen LogP contribution is -2.52. The minimum Gasteiger partial charge on any atom is -0.389 e. The van der Waals surface area contributed by atoms with Gasteiger partial charge in [-0.3, -0.25) is 0 Å². The number of likely N-dealkylation sites (N-methyl/N-ethyl adjacent to an activating group) is 1. The first kappa shape index (κ1) is 19.9. The largest absolute Gasteiger partial charge is 0.389 e. The molecule has 5 heteroatoms. The van der Waals surface area contributed by atoms with Gasteiger partial charge in [-0.05, 0) is 51.3 Å². The molecule has 5 nitrogen and oxygen atoms in total. The maximum Gasteiger partial charge on any atom is 0.317 e. The number of carbonyl (C=O) groups excluding carboxylic acids is 1. The van der Waals surface area contributed by atoms with Gasteiger partial charge in [-0.15, -0.1) is 0 Å². The zero-order valence-electron chi connectivity index (χ0n) is 16.9. The first-order valence-electron chi connectivity index (χ1n) is 10.1. The van der Waals surface area contributed by atoms with E-state index in [2.05, 4.69) is 55.4 Å². The molecule has 1 aromatic rings. The van der Waals surface area contributed by atoms with Crippen LogP contribution in [0.3, 0.4) is 0 Å². The van der Waals surface area contributed by atoms with Crippen LogP contribution in [-0.4, -0.2) is 65.8 Å². The molecule has 0 saturated carbocycles. The molecule has 2 aliphatic rings. The van der Waals surface area contributed by atoms with Crippen molar-refractivity contribution in [2.75, 3.05) is 33.2 Å².